The van der Waals surface area contributed by atoms with Crippen molar-refractivity contribution in [2.75, 3.05) is 0 Å². The normalized spacial score (nSPS) is 27.3. The molecule has 0 bridgehead atoms. The van der Waals surface area contributed by atoms with Crippen molar-refractivity contribution in [3.05, 3.63) is 35.9 Å². The van der Waals surface area contributed by atoms with E-state index in [0.717, 1.165) is 12.8 Å². The summed E-state index contributed by atoms with van der Waals surface area (Å²) in [6.07, 6.45) is 5.84. The highest BCUT2D eigenvalue weighted by molar-refractivity contribution is 6.00. The average Bonchev–Trinajstić information content (AvgIpc) is 2.90. The summed E-state index contributed by atoms with van der Waals surface area (Å²) in [5.74, 6) is -0.0669. The number of hydrogen-bond acceptors (Lipinski definition) is 3. The van der Waals surface area contributed by atoms with Gasteiger partial charge in [0, 0.05) is 5.56 Å². The van der Waals surface area contributed by atoms with Crippen LogP contribution in [-0.4, -0.2) is 17.9 Å². The van der Waals surface area contributed by atoms with E-state index in [-0.39, 0.29) is 30.2 Å². The van der Waals surface area contributed by atoms with Crippen molar-refractivity contribution in [3.63, 3.8) is 0 Å². The number of cyclic esters (lactones) is 1. The summed E-state index contributed by atoms with van der Waals surface area (Å²) in [5.41, 5.74) is 0.691. The second-order valence-electron chi connectivity index (χ2n) is 5.89. The van der Waals surface area contributed by atoms with Gasteiger partial charge < -0.3 is 4.74 Å². The maximum Gasteiger partial charge on any atom is 0.306 e. The lowest BCUT2D eigenvalue weighted by Gasteiger charge is -2.29. The Bertz CT molecular complexity index is 488. The van der Waals surface area contributed by atoms with Gasteiger partial charge in [0.05, 0.1) is 12.3 Å². The first kappa shape index (κ1) is 13.3. The molecule has 3 nitrogen and oxygen atoms in total. The highest BCUT2D eigenvalue weighted by Gasteiger charge is 2.44. The van der Waals surface area contributed by atoms with Gasteiger partial charge in [-0.1, -0.05) is 49.6 Å². The van der Waals surface area contributed by atoms with E-state index >= 15 is 0 Å². The third kappa shape index (κ3) is 2.62. The Morgan fingerprint density at radius 2 is 1.75 bits per heavy atom. The van der Waals surface area contributed by atoms with Crippen LogP contribution in [0.5, 0.6) is 0 Å². The lowest BCUT2D eigenvalue weighted by atomic mass is 9.78. The first-order valence-electron chi connectivity index (χ1n) is 7.54. The monoisotopic (exact) mass is 272 g/mol. The third-order valence-electron chi connectivity index (χ3n) is 4.56. The number of rotatable bonds is 3. The van der Waals surface area contributed by atoms with Crippen LogP contribution in [-0.2, 0) is 9.53 Å². The highest BCUT2D eigenvalue weighted by atomic mass is 16.6. The fourth-order valence-corrected chi connectivity index (χ4v) is 3.52. The molecule has 0 aromatic heterocycles. The van der Waals surface area contributed by atoms with Crippen molar-refractivity contribution in [3.8, 4) is 0 Å². The van der Waals surface area contributed by atoms with Gasteiger partial charge in [-0.25, -0.2) is 0 Å². The van der Waals surface area contributed by atoms with E-state index in [1.54, 1.807) is 0 Å². The predicted molar refractivity (Wildman–Crippen MR) is 75.3 cm³/mol. The molecule has 1 aliphatic carbocycles. The maximum absolute atomic E-state index is 12.6. The number of esters is 1. The van der Waals surface area contributed by atoms with Crippen LogP contribution >= 0.6 is 0 Å². The Morgan fingerprint density at radius 1 is 1.05 bits per heavy atom. The van der Waals surface area contributed by atoms with Gasteiger partial charge in [0.15, 0.2) is 5.78 Å². The average molecular weight is 272 g/mol. The molecule has 0 spiro atoms. The molecule has 1 aliphatic heterocycles. The van der Waals surface area contributed by atoms with E-state index in [1.165, 1.54) is 19.3 Å². The van der Waals surface area contributed by atoms with E-state index < -0.39 is 0 Å². The summed E-state index contributed by atoms with van der Waals surface area (Å²) < 4.78 is 5.50. The molecular weight excluding hydrogens is 252 g/mol. The molecule has 3 heteroatoms. The third-order valence-corrected chi connectivity index (χ3v) is 4.56. The quantitative estimate of drug-likeness (QED) is 0.626. The number of hydrogen-bond donors (Lipinski definition) is 0. The van der Waals surface area contributed by atoms with Gasteiger partial charge in [-0.15, -0.1) is 0 Å². The van der Waals surface area contributed by atoms with Crippen LogP contribution in [0.3, 0.4) is 0 Å². The molecule has 0 radical (unpaired) electrons. The highest BCUT2D eigenvalue weighted by Crippen LogP contribution is 2.37. The van der Waals surface area contributed by atoms with E-state index in [0.29, 0.717) is 11.5 Å². The molecule has 2 atom stereocenters. The lowest BCUT2D eigenvalue weighted by molar-refractivity contribution is -0.143. The molecule has 3 rings (SSSR count). The zero-order valence-corrected chi connectivity index (χ0v) is 11.6. The van der Waals surface area contributed by atoms with E-state index in [9.17, 15) is 9.59 Å². The zero-order chi connectivity index (χ0) is 13.9. The molecule has 20 heavy (non-hydrogen) atoms. The van der Waals surface area contributed by atoms with Crippen LogP contribution in [0.25, 0.3) is 0 Å². The minimum Gasteiger partial charge on any atom is -0.461 e. The molecule has 0 amide bonds. The molecule has 0 N–H and O–H groups in total. The first-order valence-corrected chi connectivity index (χ1v) is 7.54. The summed E-state index contributed by atoms with van der Waals surface area (Å²) in [4.78, 5) is 24.3. The summed E-state index contributed by atoms with van der Waals surface area (Å²) in [7, 11) is 0. The Hall–Kier alpha value is -1.64. The number of benzene rings is 1. The van der Waals surface area contributed by atoms with E-state index in [1.807, 2.05) is 30.3 Å². The largest absolute Gasteiger partial charge is 0.461 e. The molecule has 1 heterocycles. The van der Waals surface area contributed by atoms with Gasteiger partial charge in [0.1, 0.15) is 6.10 Å². The first-order chi connectivity index (χ1) is 9.75. The van der Waals surface area contributed by atoms with Crippen molar-refractivity contribution in [2.45, 2.75) is 44.6 Å². The summed E-state index contributed by atoms with van der Waals surface area (Å²) in [6.45, 7) is 0. The van der Waals surface area contributed by atoms with Gasteiger partial charge in [0.2, 0.25) is 0 Å². The Balaban J connectivity index is 1.79. The number of Topliss-reactive ketones (excluding diaryl/α,β-unsaturated/α-hetero) is 1. The van der Waals surface area contributed by atoms with Crippen molar-refractivity contribution in [2.24, 2.45) is 11.8 Å². The number of ketones is 1. The number of carbonyl (C=O) groups is 2. The van der Waals surface area contributed by atoms with Crippen LogP contribution in [0, 0.1) is 11.8 Å². The Labute approximate surface area is 119 Å². The topological polar surface area (TPSA) is 43.4 Å². The van der Waals surface area contributed by atoms with Crippen LogP contribution in [0.1, 0.15) is 48.9 Å². The number of ether oxygens (including phenoxy) is 1. The van der Waals surface area contributed by atoms with E-state index in [2.05, 4.69) is 0 Å². The second kappa shape index (κ2) is 5.78. The van der Waals surface area contributed by atoms with Crippen molar-refractivity contribution in [1.29, 1.82) is 0 Å². The SMILES string of the molecule is O=C1C[C@@H](C(=O)c2ccccc2)[C@H](C2CCCCC2)O1. The zero-order valence-electron chi connectivity index (χ0n) is 11.6. The summed E-state index contributed by atoms with van der Waals surface area (Å²) in [6, 6.07) is 9.26. The Kier molecular flexibility index (Phi) is 3.86. The predicted octanol–water partition coefficient (Wildman–Crippen LogP) is 3.38. The molecule has 1 saturated carbocycles. The van der Waals surface area contributed by atoms with Gasteiger partial charge in [-0.2, -0.15) is 0 Å². The van der Waals surface area contributed by atoms with Gasteiger partial charge in [-0.3, -0.25) is 9.59 Å². The van der Waals surface area contributed by atoms with Crippen molar-refractivity contribution in [1.82, 2.24) is 0 Å². The molecule has 2 aliphatic rings. The minimum absolute atomic E-state index is 0.0621. The smallest absolute Gasteiger partial charge is 0.306 e. The standard InChI is InChI=1S/C17H20O3/c18-15-11-14(16(19)12-7-3-1-4-8-12)17(20-15)13-9-5-2-6-10-13/h1,3-4,7-8,13-14,17H,2,5-6,9-11H2/t14-,17-/m0/s1. The van der Waals surface area contributed by atoms with Crippen LogP contribution < -0.4 is 0 Å². The van der Waals surface area contributed by atoms with E-state index in [4.69, 9.17) is 4.74 Å². The van der Waals surface area contributed by atoms with Gasteiger partial charge >= 0.3 is 5.97 Å². The summed E-state index contributed by atoms with van der Waals surface area (Å²) >= 11 is 0. The molecule has 106 valence electrons. The Morgan fingerprint density at radius 3 is 2.45 bits per heavy atom. The van der Waals surface area contributed by atoms with Crippen LogP contribution in [0.2, 0.25) is 0 Å². The van der Waals surface area contributed by atoms with Crippen LogP contribution in [0.15, 0.2) is 30.3 Å². The van der Waals surface area contributed by atoms with Crippen molar-refractivity contribution < 1.29 is 14.3 Å². The molecule has 1 aromatic rings. The van der Waals surface area contributed by atoms with Gasteiger partial charge in [-0.05, 0) is 18.8 Å². The maximum atomic E-state index is 12.6. The molecule has 1 aromatic carbocycles. The fourth-order valence-electron chi connectivity index (χ4n) is 3.52. The molecule has 0 unspecified atom stereocenters. The fraction of sp³-hybridized carbons (Fsp3) is 0.529. The minimum atomic E-state index is -0.284. The summed E-state index contributed by atoms with van der Waals surface area (Å²) in [5, 5.41) is 0. The second-order valence-corrected chi connectivity index (χ2v) is 5.89. The van der Waals surface area contributed by atoms with Crippen LogP contribution in [0.4, 0.5) is 0 Å². The molecule has 2 fully saturated rings. The number of carbonyl (C=O) groups excluding carboxylic acids is 2. The molecule has 1 saturated heterocycles. The molecular formula is C17H20O3. The van der Waals surface area contributed by atoms with Gasteiger partial charge in [0.25, 0.3) is 0 Å². The lowest BCUT2D eigenvalue weighted by Crippen LogP contribution is -2.32. The van der Waals surface area contributed by atoms with Crippen molar-refractivity contribution >= 4 is 11.8 Å².